The lowest BCUT2D eigenvalue weighted by Gasteiger charge is -2.07. The molecule has 0 aromatic carbocycles. The first-order valence-electron chi connectivity index (χ1n) is 3.16. The lowest BCUT2D eigenvalue weighted by atomic mass is 10.5. The predicted octanol–water partition coefficient (Wildman–Crippen LogP) is 0.251. The number of carbonyl (C=O) groups is 2. The molecule has 5 nitrogen and oxygen atoms in total. The lowest BCUT2D eigenvalue weighted by Crippen LogP contribution is -2.28. The SMILES string of the molecule is CC(C)OC(=O)NCOC=O. The van der Waals surface area contributed by atoms with Gasteiger partial charge in [-0.3, -0.25) is 10.1 Å². The molecule has 0 atom stereocenters. The van der Waals surface area contributed by atoms with E-state index in [9.17, 15) is 9.59 Å². The van der Waals surface area contributed by atoms with Gasteiger partial charge in [-0.05, 0) is 13.8 Å². The highest BCUT2D eigenvalue weighted by molar-refractivity contribution is 5.67. The van der Waals surface area contributed by atoms with Crippen LogP contribution in [0.4, 0.5) is 4.79 Å². The van der Waals surface area contributed by atoms with Crippen LogP contribution in [0.15, 0.2) is 0 Å². The van der Waals surface area contributed by atoms with E-state index in [1.165, 1.54) is 0 Å². The normalized spacial score (nSPS) is 9.00. The number of nitrogens with one attached hydrogen (secondary N) is 1. The zero-order valence-corrected chi connectivity index (χ0v) is 6.49. The summed E-state index contributed by atoms with van der Waals surface area (Å²) in [5, 5.41) is 2.20. The Morgan fingerprint density at radius 3 is 2.73 bits per heavy atom. The summed E-state index contributed by atoms with van der Waals surface area (Å²) in [5.41, 5.74) is 0. The average Bonchev–Trinajstić information content (AvgIpc) is 1.86. The van der Waals surface area contributed by atoms with Crippen LogP contribution in [0.5, 0.6) is 0 Å². The summed E-state index contributed by atoms with van der Waals surface area (Å²) in [6.07, 6.45) is -0.770. The van der Waals surface area contributed by atoms with E-state index in [2.05, 4.69) is 14.8 Å². The van der Waals surface area contributed by atoms with E-state index in [-0.39, 0.29) is 19.3 Å². The smallest absolute Gasteiger partial charge is 0.410 e. The highest BCUT2D eigenvalue weighted by atomic mass is 16.6. The number of amides is 1. The zero-order valence-electron chi connectivity index (χ0n) is 6.49. The molecule has 0 aromatic heterocycles. The molecule has 1 N–H and O–H groups in total. The molecule has 1 amide bonds. The minimum atomic E-state index is -0.596. The molecule has 0 spiro atoms. The van der Waals surface area contributed by atoms with Crippen LogP contribution in [0.25, 0.3) is 0 Å². The predicted molar refractivity (Wildman–Crippen MR) is 36.8 cm³/mol. The molecule has 0 aliphatic carbocycles. The molecule has 0 aromatic rings. The van der Waals surface area contributed by atoms with E-state index in [0.717, 1.165) is 0 Å². The highest BCUT2D eigenvalue weighted by Crippen LogP contribution is 1.86. The van der Waals surface area contributed by atoms with E-state index < -0.39 is 6.09 Å². The molecule has 0 saturated carbocycles. The molecule has 0 unspecified atom stereocenters. The monoisotopic (exact) mass is 161 g/mol. The molecule has 0 fully saturated rings. The first kappa shape index (κ1) is 9.74. The summed E-state index contributed by atoms with van der Waals surface area (Å²) in [6, 6.07) is 0. The Morgan fingerprint density at radius 2 is 2.27 bits per heavy atom. The second-order valence-corrected chi connectivity index (χ2v) is 2.04. The molecule has 64 valence electrons. The van der Waals surface area contributed by atoms with Crippen molar-refractivity contribution in [1.29, 1.82) is 0 Å². The third-order valence-corrected chi connectivity index (χ3v) is 0.711. The maximum Gasteiger partial charge on any atom is 0.410 e. The fraction of sp³-hybridized carbons (Fsp3) is 0.667. The van der Waals surface area contributed by atoms with Crippen LogP contribution in [0.2, 0.25) is 0 Å². The van der Waals surface area contributed by atoms with E-state index in [1.807, 2.05) is 0 Å². The van der Waals surface area contributed by atoms with Crippen molar-refractivity contribution in [2.45, 2.75) is 20.0 Å². The first-order chi connectivity index (χ1) is 5.16. The Kier molecular flexibility index (Phi) is 4.89. The molecule has 0 aliphatic rings. The zero-order chi connectivity index (χ0) is 8.69. The van der Waals surface area contributed by atoms with Crippen LogP contribution in [-0.4, -0.2) is 25.4 Å². The van der Waals surface area contributed by atoms with Crippen LogP contribution in [-0.2, 0) is 14.3 Å². The third kappa shape index (κ3) is 6.63. The Bertz CT molecular complexity index is 135. The number of hydrogen-bond donors (Lipinski definition) is 1. The summed E-state index contributed by atoms with van der Waals surface area (Å²) in [7, 11) is 0. The molecular formula is C6H11NO4. The standard InChI is InChI=1S/C6H11NO4/c1-5(2)11-6(9)7-3-10-4-8/h4-5H,3H2,1-2H3,(H,7,9). The third-order valence-electron chi connectivity index (χ3n) is 0.711. The van der Waals surface area contributed by atoms with E-state index >= 15 is 0 Å². The molecule has 0 rings (SSSR count). The van der Waals surface area contributed by atoms with Crippen molar-refractivity contribution in [2.24, 2.45) is 0 Å². The van der Waals surface area contributed by atoms with Gasteiger partial charge in [0.2, 0.25) is 0 Å². The van der Waals surface area contributed by atoms with E-state index in [0.29, 0.717) is 0 Å². The van der Waals surface area contributed by atoms with Crippen molar-refractivity contribution in [1.82, 2.24) is 5.32 Å². The molecule has 5 heteroatoms. The molecular weight excluding hydrogens is 150 g/mol. The lowest BCUT2D eigenvalue weighted by molar-refractivity contribution is -0.129. The van der Waals surface area contributed by atoms with Gasteiger partial charge in [-0.15, -0.1) is 0 Å². The van der Waals surface area contributed by atoms with Crippen LogP contribution in [0, 0.1) is 0 Å². The van der Waals surface area contributed by atoms with Gasteiger partial charge in [0.1, 0.15) is 0 Å². The van der Waals surface area contributed by atoms with Crippen molar-refractivity contribution in [3.05, 3.63) is 0 Å². The van der Waals surface area contributed by atoms with Crippen LogP contribution in [0.1, 0.15) is 13.8 Å². The molecule has 0 heterocycles. The largest absolute Gasteiger partial charge is 0.447 e. The second kappa shape index (κ2) is 5.52. The minimum Gasteiger partial charge on any atom is -0.447 e. The van der Waals surface area contributed by atoms with Gasteiger partial charge in [0.05, 0.1) is 6.10 Å². The van der Waals surface area contributed by atoms with Crippen molar-refractivity contribution < 1.29 is 19.1 Å². The number of ether oxygens (including phenoxy) is 2. The van der Waals surface area contributed by atoms with Gasteiger partial charge in [-0.25, -0.2) is 4.79 Å². The van der Waals surface area contributed by atoms with Crippen molar-refractivity contribution >= 4 is 12.6 Å². The van der Waals surface area contributed by atoms with Crippen molar-refractivity contribution in [2.75, 3.05) is 6.73 Å². The summed E-state index contributed by atoms with van der Waals surface area (Å²) < 4.78 is 8.84. The second-order valence-electron chi connectivity index (χ2n) is 2.04. The van der Waals surface area contributed by atoms with Gasteiger partial charge >= 0.3 is 6.09 Å². The maximum atomic E-state index is 10.6. The topological polar surface area (TPSA) is 64.6 Å². The van der Waals surface area contributed by atoms with E-state index in [1.54, 1.807) is 13.8 Å². The molecule has 0 bridgehead atoms. The number of carbonyl (C=O) groups excluding carboxylic acids is 2. The van der Waals surface area contributed by atoms with Crippen LogP contribution < -0.4 is 5.32 Å². The van der Waals surface area contributed by atoms with Gasteiger partial charge in [0.25, 0.3) is 6.47 Å². The molecule has 0 saturated heterocycles. The molecule has 0 radical (unpaired) electrons. The molecule has 0 aliphatic heterocycles. The average molecular weight is 161 g/mol. The number of hydrogen-bond acceptors (Lipinski definition) is 4. The van der Waals surface area contributed by atoms with Crippen LogP contribution >= 0.6 is 0 Å². The minimum absolute atomic E-state index is 0.158. The Balaban J connectivity index is 3.30. The molecule has 11 heavy (non-hydrogen) atoms. The van der Waals surface area contributed by atoms with Crippen molar-refractivity contribution in [3.8, 4) is 0 Å². The van der Waals surface area contributed by atoms with Gasteiger partial charge < -0.3 is 9.47 Å². The van der Waals surface area contributed by atoms with Gasteiger partial charge in [0.15, 0.2) is 6.73 Å². The van der Waals surface area contributed by atoms with Crippen LogP contribution in [0.3, 0.4) is 0 Å². The Labute approximate surface area is 64.7 Å². The van der Waals surface area contributed by atoms with E-state index in [4.69, 9.17) is 0 Å². The summed E-state index contributed by atoms with van der Waals surface area (Å²) >= 11 is 0. The quantitative estimate of drug-likeness (QED) is 0.364. The fourth-order valence-electron chi connectivity index (χ4n) is 0.390. The Hall–Kier alpha value is -1.26. The summed E-state index contributed by atoms with van der Waals surface area (Å²) in [6.45, 7) is 3.53. The van der Waals surface area contributed by atoms with Gasteiger partial charge in [-0.1, -0.05) is 0 Å². The highest BCUT2D eigenvalue weighted by Gasteiger charge is 2.02. The van der Waals surface area contributed by atoms with Crippen molar-refractivity contribution in [3.63, 3.8) is 0 Å². The number of rotatable bonds is 4. The Morgan fingerprint density at radius 1 is 1.64 bits per heavy atom. The first-order valence-corrected chi connectivity index (χ1v) is 3.16. The fourth-order valence-corrected chi connectivity index (χ4v) is 0.390. The number of alkyl carbamates (subject to hydrolysis) is 1. The maximum absolute atomic E-state index is 10.6. The van der Waals surface area contributed by atoms with Gasteiger partial charge in [0, 0.05) is 0 Å². The summed E-state index contributed by atoms with van der Waals surface area (Å²) in [4.78, 5) is 20.2. The van der Waals surface area contributed by atoms with Gasteiger partial charge in [-0.2, -0.15) is 0 Å². The summed E-state index contributed by atoms with van der Waals surface area (Å²) in [5.74, 6) is 0.